The average Bonchev–Trinajstić information content (AvgIpc) is 2.68. The number of aliphatic hydroxyl groups excluding tert-OH is 1. The molecule has 1 aromatic heterocycles. The first-order chi connectivity index (χ1) is 9.45. The van der Waals surface area contributed by atoms with E-state index in [0.29, 0.717) is 31.1 Å². The van der Waals surface area contributed by atoms with E-state index in [4.69, 9.17) is 11.6 Å². The number of amides is 1. The van der Waals surface area contributed by atoms with Gasteiger partial charge in [0.1, 0.15) is 0 Å². The van der Waals surface area contributed by atoms with Crippen molar-refractivity contribution in [2.24, 2.45) is 5.92 Å². The van der Waals surface area contributed by atoms with E-state index < -0.39 is 6.10 Å². The number of nitrogens with zero attached hydrogens (tertiary/aromatic N) is 3. The molecule has 1 fully saturated rings. The van der Waals surface area contributed by atoms with Crippen LogP contribution in [0.4, 0.5) is 0 Å². The molecule has 1 amide bonds. The van der Waals surface area contributed by atoms with Gasteiger partial charge in [-0.1, -0.05) is 6.92 Å². The predicted molar refractivity (Wildman–Crippen MR) is 78.1 cm³/mol. The third kappa shape index (κ3) is 2.83. The molecule has 0 bridgehead atoms. The van der Waals surface area contributed by atoms with Gasteiger partial charge < -0.3 is 10.0 Å². The van der Waals surface area contributed by atoms with Crippen LogP contribution in [0.15, 0.2) is 0 Å². The van der Waals surface area contributed by atoms with Gasteiger partial charge in [0.2, 0.25) is 0 Å². The van der Waals surface area contributed by atoms with Crippen LogP contribution in [0.2, 0.25) is 0 Å². The largest absolute Gasteiger partial charge is 0.391 e. The lowest BCUT2D eigenvalue weighted by Crippen LogP contribution is -2.46. The highest BCUT2D eigenvalue weighted by molar-refractivity contribution is 6.17. The van der Waals surface area contributed by atoms with Gasteiger partial charge >= 0.3 is 0 Å². The van der Waals surface area contributed by atoms with Crippen LogP contribution in [0.1, 0.15) is 35.1 Å². The molecule has 0 spiro atoms. The predicted octanol–water partition coefficient (Wildman–Crippen LogP) is 1.58. The molecule has 1 aliphatic rings. The Morgan fingerprint density at radius 3 is 2.80 bits per heavy atom. The molecule has 112 valence electrons. The summed E-state index contributed by atoms with van der Waals surface area (Å²) in [7, 11) is 0. The number of aromatic nitrogens is 2. The molecule has 6 heteroatoms. The van der Waals surface area contributed by atoms with Crippen molar-refractivity contribution in [2.75, 3.05) is 19.0 Å². The number of hydrogen-bond acceptors (Lipinski definition) is 3. The Balaban J connectivity index is 2.21. The van der Waals surface area contributed by atoms with E-state index in [1.807, 2.05) is 20.8 Å². The van der Waals surface area contributed by atoms with Gasteiger partial charge in [-0.2, -0.15) is 5.10 Å². The molecule has 1 saturated heterocycles. The molecule has 2 unspecified atom stereocenters. The van der Waals surface area contributed by atoms with Crippen LogP contribution >= 0.6 is 11.6 Å². The van der Waals surface area contributed by atoms with Gasteiger partial charge in [-0.3, -0.25) is 9.48 Å². The van der Waals surface area contributed by atoms with Crippen LogP contribution in [-0.4, -0.2) is 50.8 Å². The first-order valence-electron chi connectivity index (χ1n) is 7.03. The summed E-state index contributed by atoms with van der Waals surface area (Å²) in [6.07, 6.45) is 0.395. The first-order valence-corrected chi connectivity index (χ1v) is 7.56. The number of halogens is 1. The fourth-order valence-electron chi connectivity index (χ4n) is 2.70. The van der Waals surface area contributed by atoms with Crippen molar-refractivity contribution in [1.82, 2.24) is 14.7 Å². The Morgan fingerprint density at radius 2 is 2.20 bits per heavy atom. The maximum absolute atomic E-state index is 12.6. The molecule has 20 heavy (non-hydrogen) atoms. The molecule has 0 aromatic carbocycles. The molecule has 1 N–H and O–H groups in total. The van der Waals surface area contributed by atoms with Crippen LogP contribution in [0, 0.1) is 19.8 Å². The molecule has 2 atom stereocenters. The number of likely N-dealkylation sites (tertiary alicyclic amines) is 1. The van der Waals surface area contributed by atoms with Crippen LogP contribution in [0.3, 0.4) is 0 Å². The minimum atomic E-state index is -0.439. The summed E-state index contributed by atoms with van der Waals surface area (Å²) in [6, 6.07) is 0. The minimum Gasteiger partial charge on any atom is -0.391 e. The molecular formula is C14H22ClN3O2. The van der Waals surface area contributed by atoms with Crippen molar-refractivity contribution in [1.29, 1.82) is 0 Å². The molecule has 0 radical (unpaired) electrons. The van der Waals surface area contributed by atoms with Gasteiger partial charge in [0.25, 0.3) is 5.91 Å². The number of carbonyl (C=O) groups is 1. The van der Waals surface area contributed by atoms with E-state index in [1.54, 1.807) is 9.58 Å². The van der Waals surface area contributed by atoms with Crippen LogP contribution in [-0.2, 0) is 6.54 Å². The Bertz CT molecular complexity index is 501. The second-order valence-corrected chi connectivity index (χ2v) is 5.92. The molecule has 1 aromatic rings. The smallest absolute Gasteiger partial charge is 0.257 e. The summed E-state index contributed by atoms with van der Waals surface area (Å²) < 4.78 is 1.78. The maximum Gasteiger partial charge on any atom is 0.257 e. The monoisotopic (exact) mass is 299 g/mol. The van der Waals surface area contributed by atoms with Gasteiger partial charge in [0, 0.05) is 24.7 Å². The summed E-state index contributed by atoms with van der Waals surface area (Å²) in [5, 5.41) is 14.3. The summed E-state index contributed by atoms with van der Waals surface area (Å²) in [5.41, 5.74) is 2.23. The third-order valence-corrected chi connectivity index (χ3v) is 4.27. The molecular weight excluding hydrogens is 278 g/mol. The molecule has 2 heterocycles. The fraction of sp³-hybridized carbons (Fsp3) is 0.714. The highest BCUT2D eigenvalue weighted by Crippen LogP contribution is 2.21. The summed E-state index contributed by atoms with van der Waals surface area (Å²) in [5.74, 6) is 0.683. The van der Waals surface area contributed by atoms with E-state index in [2.05, 4.69) is 5.10 Å². The number of aryl methyl sites for hydroxylation is 2. The van der Waals surface area contributed by atoms with Gasteiger partial charge in [0.05, 0.1) is 23.9 Å². The number of rotatable bonds is 3. The fourth-order valence-corrected chi connectivity index (χ4v) is 2.86. The van der Waals surface area contributed by atoms with Crippen molar-refractivity contribution >= 4 is 17.5 Å². The molecule has 0 aliphatic carbocycles. The van der Waals surface area contributed by atoms with Gasteiger partial charge in [-0.25, -0.2) is 0 Å². The Hall–Kier alpha value is -1.07. The van der Waals surface area contributed by atoms with E-state index in [0.717, 1.165) is 17.8 Å². The molecule has 1 aliphatic heterocycles. The normalized spacial score (nSPS) is 23.1. The zero-order chi connectivity index (χ0) is 14.9. The van der Waals surface area contributed by atoms with Crippen molar-refractivity contribution < 1.29 is 9.90 Å². The minimum absolute atomic E-state index is 0.0354. The van der Waals surface area contributed by atoms with E-state index >= 15 is 0 Å². The number of piperidine rings is 1. The topological polar surface area (TPSA) is 58.4 Å². The Kier molecular flexibility index (Phi) is 4.70. The molecule has 2 rings (SSSR count). The Labute approximate surface area is 124 Å². The van der Waals surface area contributed by atoms with E-state index in [9.17, 15) is 9.90 Å². The number of aliphatic hydroxyl groups is 1. The average molecular weight is 300 g/mol. The van der Waals surface area contributed by atoms with Crippen molar-refractivity contribution in [3.8, 4) is 0 Å². The highest BCUT2D eigenvalue weighted by Gasteiger charge is 2.30. The van der Waals surface area contributed by atoms with Crippen LogP contribution in [0.25, 0.3) is 0 Å². The number of alkyl halides is 1. The number of carbonyl (C=O) groups excluding carboxylic acids is 1. The lowest BCUT2D eigenvalue weighted by Gasteiger charge is -2.34. The standard InChI is InChI=1S/C14H22ClN3O2/c1-9-4-6-17(8-12(9)19)14(20)13-10(2)16-18(7-5-15)11(13)3/h9,12,19H,4-8H2,1-3H3. The zero-order valence-corrected chi connectivity index (χ0v) is 13.0. The van der Waals surface area contributed by atoms with Gasteiger partial charge in [0.15, 0.2) is 0 Å². The zero-order valence-electron chi connectivity index (χ0n) is 12.3. The SMILES string of the molecule is Cc1nn(CCCl)c(C)c1C(=O)N1CCC(C)C(O)C1. The van der Waals surface area contributed by atoms with E-state index in [-0.39, 0.29) is 11.8 Å². The third-order valence-electron chi connectivity index (χ3n) is 4.10. The van der Waals surface area contributed by atoms with Gasteiger partial charge in [-0.05, 0) is 26.2 Å². The van der Waals surface area contributed by atoms with E-state index in [1.165, 1.54) is 0 Å². The lowest BCUT2D eigenvalue weighted by molar-refractivity contribution is 0.0247. The van der Waals surface area contributed by atoms with Crippen molar-refractivity contribution in [3.63, 3.8) is 0 Å². The van der Waals surface area contributed by atoms with Crippen LogP contribution in [0.5, 0.6) is 0 Å². The van der Waals surface area contributed by atoms with Crippen molar-refractivity contribution in [2.45, 2.75) is 39.8 Å². The maximum atomic E-state index is 12.6. The second kappa shape index (κ2) is 6.14. The van der Waals surface area contributed by atoms with Crippen LogP contribution < -0.4 is 0 Å². The number of β-amino-alcohol motifs (C(OH)–C–C–N with tert-alkyl or cyclic N) is 1. The Morgan fingerprint density at radius 1 is 1.50 bits per heavy atom. The quantitative estimate of drug-likeness (QED) is 0.862. The van der Waals surface area contributed by atoms with Crippen molar-refractivity contribution in [3.05, 3.63) is 17.0 Å². The highest BCUT2D eigenvalue weighted by atomic mass is 35.5. The summed E-state index contributed by atoms with van der Waals surface area (Å²) in [4.78, 5) is 14.4. The summed E-state index contributed by atoms with van der Waals surface area (Å²) in [6.45, 7) is 7.44. The lowest BCUT2D eigenvalue weighted by atomic mass is 9.95. The summed E-state index contributed by atoms with van der Waals surface area (Å²) >= 11 is 5.74. The molecule has 0 saturated carbocycles. The second-order valence-electron chi connectivity index (χ2n) is 5.54. The van der Waals surface area contributed by atoms with Gasteiger partial charge in [-0.15, -0.1) is 11.6 Å². The first kappa shape index (κ1) is 15.3. The molecule has 5 nitrogen and oxygen atoms in total. The number of hydrogen-bond donors (Lipinski definition) is 1.